The van der Waals surface area contributed by atoms with E-state index >= 15 is 0 Å². The van der Waals surface area contributed by atoms with Gasteiger partial charge in [0.2, 0.25) is 11.0 Å². The second-order valence-corrected chi connectivity index (χ2v) is 4.14. The number of aryl methyl sites for hydroxylation is 1. The monoisotopic (exact) mass is 277 g/mol. The zero-order chi connectivity index (χ0) is 14.0. The molecule has 2 rings (SSSR count). The van der Waals surface area contributed by atoms with Crippen LogP contribution in [0.1, 0.15) is 11.5 Å². The molecule has 2 aromatic heterocycles. The molecule has 0 unspecified atom stereocenters. The lowest BCUT2D eigenvalue weighted by atomic mass is 10.3. The van der Waals surface area contributed by atoms with Gasteiger partial charge in [-0.3, -0.25) is 4.79 Å². The van der Waals surface area contributed by atoms with Crippen molar-refractivity contribution in [2.24, 2.45) is 10.2 Å². The summed E-state index contributed by atoms with van der Waals surface area (Å²) in [4.78, 5) is 15.4. The number of nitrogens with zero attached hydrogens (tertiary/aromatic N) is 6. The smallest absolute Gasteiger partial charge is 0.300 e. The average molecular weight is 277 g/mol. The Balaban J connectivity index is 2.42. The highest BCUT2D eigenvalue weighted by molar-refractivity contribution is 7.09. The molecule has 0 fully saturated rings. The number of rotatable bonds is 2. The highest BCUT2D eigenvalue weighted by Gasteiger charge is 2.11. The first-order valence-electron chi connectivity index (χ1n) is 4.89. The number of nitriles is 1. The molecule has 19 heavy (non-hydrogen) atoms. The van der Waals surface area contributed by atoms with Crippen molar-refractivity contribution in [2.45, 2.75) is 6.92 Å². The summed E-state index contributed by atoms with van der Waals surface area (Å²) < 4.78 is 4.51. The number of aromatic hydroxyl groups is 1. The van der Waals surface area contributed by atoms with Crippen molar-refractivity contribution < 1.29 is 5.11 Å². The summed E-state index contributed by atoms with van der Waals surface area (Å²) in [6.45, 7) is 1.56. The van der Waals surface area contributed by atoms with Gasteiger partial charge < -0.3 is 10.9 Å². The molecule has 0 spiro atoms. The molecule has 0 atom stereocenters. The minimum Gasteiger partial charge on any atom is -0.505 e. The Bertz CT molecular complexity index is 755. The maximum Gasteiger partial charge on any atom is 0.300 e. The Morgan fingerprint density at radius 3 is 2.95 bits per heavy atom. The maximum atomic E-state index is 11.7. The van der Waals surface area contributed by atoms with Crippen LogP contribution in [-0.4, -0.2) is 19.1 Å². The lowest BCUT2D eigenvalue weighted by Gasteiger charge is -2.04. The Morgan fingerprint density at radius 2 is 2.32 bits per heavy atom. The van der Waals surface area contributed by atoms with E-state index in [1.165, 1.54) is 6.07 Å². The molecule has 3 N–H and O–H groups in total. The Kier molecular flexibility index (Phi) is 3.21. The molecule has 0 aliphatic carbocycles. The summed E-state index contributed by atoms with van der Waals surface area (Å²) in [6, 6.07) is 3.02. The van der Waals surface area contributed by atoms with Crippen molar-refractivity contribution in [2.75, 3.05) is 5.84 Å². The molecule has 96 valence electrons. The second-order valence-electron chi connectivity index (χ2n) is 3.41. The van der Waals surface area contributed by atoms with Gasteiger partial charge in [-0.1, -0.05) is 0 Å². The van der Waals surface area contributed by atoms with Gasteiger partial charge in [0.15, 0.2) is 11.4 Å². The van der Waals surface area contributed by atoms with Crippen LogP contribution in [0.3, 0.4) is 0 Å². The summed E-state index contributed by atoms with van der Waals surface area (Å²) in [5.74, 6) is 5.10. The van der Waals surface area contributed by atoms with Crippen molar-refractivity contribution in [3.8, 4) is 11.8 Å². The van der Waals surface area contributed by atoms with Crippen LogP contribution in [0.5, 0.6) is 5.75 Å². The van der Waals surface area contributed by atoms with E-state index in [0.29, 0.717) is 5.69 Å². The van der Waals surface area contributed by atoms with E-state index in [9.17, 15) is 9.90 Å². The van der Waals surface area contributed by atoms with E-state index in [-0.39, 0.29) is 22.4 Å². The van der Waals surface area contributed by atoms with Crippen LogP contribution in [-0.2, 0) is 0 Å². The third-order valence-corrected chi connectivity index (χ3v) is 2.74. The first-order valence-corrected chi connectivity index (χ1v) is 5.66. The fraction of sp³-hybridized carbons (Fsp3) is 0.111. The Hall–Kier alpha value is -2.80. The topological polar surface area (TPSA) is 143 Å². The summed E-state index contributed by atoms with van der Waals surface area (Å²) >= 11 is 0.847. The molecule has 2 heterocycles. The van der Waals surface area contributed by atoms with E-state index in [4.69, 9.17) is 11.1 Å². The van der Waals surface area contributed by atoms with Gasteiger partial charge in [0, 0.05) is 23.3 Å². The molecule has 0 bridgehead atoms. The lowest BCUT2D eigenvalue weighted by molar-refractivity contribution is 0.473. The van der Waals surface area contributed by atoms with Crippen molar-refractivity contribution in [3.63, 3.8) is 0 Å². The summed E-state index contributed by atoms with van der Waals surface area (Å²) in [7, 11) is 0. The molecule has 0 amide bonds. The zero-order valence-corrected chi connectivity index (χ0v) is 10.4. The Morgan fingerprint density at radius 1 is 1.58 bits per heavy atom. The molecule has 0 saturated heterocycles. The van der Waals surface area contributed by atoms with Crippen molar-refractivity contribution in [3.05, 3.63) is 27.9 Å². The molecule has 10 heteroatoms. The lowest BCUT2D eigenvalue weighted by Crippen LogP contribution is -2.28. The van der Waals surface area contributed by atoms with Crippen molar-refractivity contribution in [1.82, 2.24) is 14.0 Å². The minimum absolute atomic E-state index is 0.0386. The minimum atomic E-state index is -0.689. The zero-order valence-electron chi connectivity index (χ0n) is 9.60. The summed E-state index contributed by atoms with van der Waals surface area (Å²) in [5, 5.41) is 25.5. The first-order chi connectivity index (χ1) is 9.02. The first kappa shape index (κ1) is 12.7. The summed E-state index contributed by atoms with van der Waals surface area (Å²) in [6.07, 6.45) is 0. The average Bonchev–Trinajstić information content (AvgIpc) is 2.84. The van der Waals surface area contributed by atoms with E-state index in [1.807, 2.05) is 0 Å². The molecule has 9 nitrogen and oxygen atoms in total. The molecule has 2 aromatic rings. The van der Waals surface area contributed by atoms with Gasteiger partial charge in [0.05, 0.1) is 0 Å². The number of hydrogen-bond acceptors (Lipinski definition) is 9. The maximum absolute atomic E-state index is 11.7. The van der Waals surface area contributed by atoms with Gasteiger partial charge in [-0.05, 0) is 6.92 Å². The number of aromatic nitrogens is 3. The molecule has 0 saturated carbocycles. The van der Waals surface area contributed by atoms with Crippen LogP contribution in [0, 0.1) is 18.3 Å². The highest BCUT2D eigenvalue weighted by atomic mass is 32.1. The third-order valence-electron chi connectivity index (χ3n) is 2.14. The van der Waals surface area contributed by atoms with Gasteiger partial charge in [-0.25, -0.2) is 4.68 Å². The molecular weight excluding hydrogens is 270 g/mol. The van der Waals surface area contributed by atoms with Crippen LogP contribution in [0.15, 0.2) is 21.1 Å². The van der Waals surface area contributed by atoms with Crippen LogP contribution in [0.2, 0.25) is 0 Å². The molecule has 0 aliphatic heterocycles. The number of hydrogen-bond donors (Lipinski definition) is 2. The SMILES string of the molecule is Cc1cc(O)c(N=Nc2nc(C#N)ns2)c(=O)n1N. The predicted molar refractivity (Wildman–Crippen MR) is 66.1 cm³/mol. The number of nitrogens with two attached hydrogens (primary N) is 1. The van der Waals surface area contributed by atoms with E-state index in [2.05, 4.69) is 19.6 Å². The van der Waals surface area contributed by atoms with Crippen molar-refractivity contribution in [1.29, 1.82) is 5.26 Å². The van der Waals surface area contributed by atoms with Gasteiger partial charge in [-0.2, -0.15) is 14.6 Å². The summed E-state index contributed by atoms with van der Waals surface area (Å²) in [5.41, 5.74) is -0.614. The van der Waals surface area contributed by atoms with Crippen LogP contribution < -0.4 is 11.4 Å². The standard InChI is InChI=1S/C9H7N7O2S/c1-4-2-5(17)7(8(18)16(4)11)13-14-9-12-6(3-10)15-19-9/h2,17H,11H2,1H3. The van der Waals surface area contributed by atoms with E-state index in [1.54, 1.807) is 13.0 Å². The van der Waals surface area contributed by atoms with Crippen molar-refractivity contribution >= 4 is 22.4 Å². The third kappa shape index (κ3) is 2.40. The quantitative estimate of drug-likeness (QED) is 0.611. The number of nitrogen functional groups attached to an aromatic ring is 1. The molecular formula is C9H7N7O2S. The largest absolute Gasteiger partial charge is 0.505 e. The van der Waals surface area contributed by atoms with E-state index in [0.717, 1.165) is 16.2 Å². The predicted octanol–water partition coefficient (Wildman–Crippen LogP) is 0.715. The normalized spacial score (nSPS) is 10.7. The molecule has 0 aliphatic rings. The fourth-order valence-electron chi connectivity index (χ4n) is 1.21. The fourth-order valence-corrected chi connectivity index (χ4v) is 1.66. The van der Waals surface area contributed by atoms with Gasteiger partial charge in [0.1, 0.15) is 6.07 Å². The van der Waals surface area contributed by atoms with E-state index < -0.39 is 5.56 Å². The van der Waals surface area contributed by atoms with Gasteiger partial charge in [0.25, 0.3) is 5.56 Å². The van der Waals surface area contributed by atoms with Gasteiger partial charge >= 0.3 is 0 Å². The second kappa shape index (κ2) is 4.83. The van der Waals surface area contributed by atoms with Gasteiger partial charge in [-0.15, -0.1) is 10.2 Å². The molecule has 0 aromatic carbocycles. The molecule has 0 radical (unpaired) electrons. The number of azo groups is 1. The highest BCUT2D eigenvalue weighted by Crippen LogP contribution is 2.25. The Labute approximate surface area is 110 Å². The van der Waals surface area contributed by atoms with Crippen LogP contribution in [0.4, 0.5) is 10.8 Å². The number of pyridine rings is 1. The van der Waals surface area contributed by atoms with Crippen LogP contribution in [0.25, 0.3) is 0 Å². The van der Waals surface area contributed by atoms with Crippen LogP contribution >= 0.6 is 11.5 Å².